The normalized spacial score (nSPS) is 11.8. The summed E-state index contributed by atoms with van der Waals surface area (Å²) in [4.78, 5) is 3.58. The summed E-state index contributed by atoms with van der Waals surface area (Å²) in [5.41, 5.74) is 32.9. The van der Waals surface area contributed by atoms with Crippen LogP contribution in [-0.2, 0) is 0 Å². The Bertz CT molecular complexity index is 10400. The molecule has 9 heteroatoms. The van der Waals surface area contributed by atoms with E-state index in [0.717, 1.165) is 22.4 Å². The number of nitrogens with zero attached hydrogens (tertiary/aromatic N) is 8. The van der Waals surface area contributed by atoms with Crippen LogP contribution in [0.3, 0.4) is 0 Å². The van der Waals surface area contributed by atoms with Crippen LogP contribution in [0.15, 0.2) is 497 Å². The van der Waals surface area contributed by atoms with Crippen molar-refractivity contribution in [3.05, 3.63) is 509 Å². The molecule has 0 aliphatic carbocycles. The Hall–Kier alpha value is -18.6. The Balaban J connectivity index is 0.000000104. The minimum absolute atomic E-state index is 0.647. The van der Waals surface area contributed by atoms with E-state index in [-0.39, 0.29) is 0 Å². The van der Waals surface area contributed by atoms with Gasteiger partial charge in [-0.2, -0.15) is 0 Å². The zero-order chi connectivity index (χ0) is 92.2. The van der Waals surface area contributed by atoms with Crippen molar-refractivity contribution in [1.29, 1.82) is 0 Å². The molecule has 0 fully saturated rings. The number of benzene rings is 22. The molecule has 0 saturated carbocycles. The quantitative estimate of drug-likeness (QED) is 0.122. The molecule has 140 heavy (non-hydrogen) atoms. The highest BCUT2D eigenvalue weighted by atomic mass is 32.1. The Morgan fingerprint density at radius 2 is 0.407 bits per heavy atom. The van der Waals surface area contributed by atoms with Crippen LogP contribution >= 0.6 is 11.3 Å². The Morgan fingerprint density at radius 1 is 0.157 bits per heavy atom. The van der Waals surface area contributed by atoms with E-state index >= 15 is 0 Å². The molecule has 0 atom stereocenters. The lowest BCUT2D eigenvalue weighted by molar-refractivity contribution is 1.17. The number of para-hydroxylation sites is 10. The molecule has 30 rings (SSSR count). The molecule has 0 aliphatic heterocycles. The molecule has 8 heterocycles. The summed E-state index contributed by atoms with van der Waals surface area (Å²) in [5, 5.41) is 22.7. The highest BCUT2D eigenvalue weighted by Crippen LogP contribution is 2.47. The van der Waals surface area contributed by atoms with E-state index < -0.39 is 0 Å². The second-order valence-electron chi connectivity index (χ2n) is 36.5. The molecular formula is C131H82N8S. The molecule has 0 spiro atoms. The lowest BCUT2D eigenvalue weighted by Gasteiger charge is -2.11. The fraction of sp³-hybridized carbons (Fsp3) is 0. The zero-order valence-electron chi connectivity index (χ0n) is 75.8. The van der Waals surface area contributed by atoms with Gasteiger partial charge in [0, 0.05) is 125 Å². The lowest BCUT2D eigenvalue weighted by atomic mass is 10.0. The molecule has 0 amide bonds. The maximum Gasteiger partial charge on any atom is 0.187 e. The van der Waals surface area contributed by atoms with Gasteiger partial charge in [0.05, 0.1) is 94.2 Å². The summed E-state index contributed by atoms with van der Waals surface area (Å²) in [6.45, 7) is 7.37. The molecule has 8 nitrogen and oxygen atoms in total. The first-order valence-electron chi connectivity index (χ1n) is 47.7. The van der Waals surface area contributed by atoms with Crippen LogP contribution < -0.4 is 0 Å². The van der Waals surface area contributed by atoms with Crippen molar-refractivity contribution in [2.45, 2.75) is 0 Å². The molecule has 0 saturated heterocycles. The van der Waals surface area contributed by atoms with Gasteiger partial charge in [-0.05, 0) is 250 Å². The maximum atomic E-state index is 7.37. The number of fused-ring (bicyclic) bond motifs is 25. The molecular weight excluding hydrogens is 1720 g/mol. The topological polar surface area (TPSA) is 38.9 Å². The molecule has 652 valence electrons. The summed E-state index contributed by atoms with van der Waals surface area (Å²) in [6, 6.07) is 180. The van der Waals surface area contributed by atoms with E-state index in [0.29, 0.717) is 5.69 Å². The van der Waals surface area contributed by atoms with Gasteiger partial charge in [-0.3, -0.25) is 0 Å². The second-order valence-corrected chi connectivity index (χ2v) is 37.5. The van der Waals surface area contributed by atoms with Crippen LogP contribution in [0, 0.1) is 6.57 Å². The van der Waals surface area contributed by atoms with Crippen LogP contribution in [0.25, 0.3) is 262 Å². The van der Waals surface area contributed by atoms with Crippen molar-refractivity contribution >= 4 is 201 Å². The van der Waals surface area contributed by atoms with Crippen molar-refractivity contribution in [3.8, 4) is 73.2 Å². The Labute approximate surface area is 808 Å². The molecule has 0 radical (unpaired) electrons. The molecule has 30 aromatic rings. The van der Waals surface area contributed by atoms with E-state index in [2.05, 4.69) is 510 Å². The monoisotopic (exact) mass is 1800 g/mol. The minimum atomic E-state index is 0.647. The van der Waals surface area contributed by atoms with Gasteiger partial charge >= 0.3 is 0 Å². The van der Waals surface area contributed by atoms with Crippen LogP contribution in [0.4, 0.5) is 5.69 Å². The van der Waals surface area contributed by atoms with Crippen LogP contribution in [0.1, 0.15) is 0 Å². The number of hydrogen-bond donors (Lipinski definition) is 0. The van der Waals surface area contributed by atoms with Crippen molar-refractivity contribution in [3.63, 3.8) is 0 Å². The molecule has 22 aromatic carbocycles. The Morgan fingerprint density at radius 3 is 0.771 bits per heavy atom. The smallest absolute Gasteiger partial charge is 0.187 e. The SMILES string of the molecule is [C-]#[N+]c1ccc(-n2c3ccccc3c3cc(-c4ccc5c(c4)c4ccccc4n5-c4cccc5c4sc4ccccc45)ccc32)cc1.c1ccc(-n2c3ccccc3c3cc(-c4ccc5c(c4)c4ccccc4n5-c4ccc5c(c4)c4ccccc4n5-c4ccccc4)ccc32)cc1.c1ccc(-n2c3ccccc3c3cc(-c4ccc5c(c4)c4ccccc4n5-c4ccc5ccccc5c4)ccc32)cc1. The van der Waals surface area contributed by atoms with E-state index in [1.165, 1.54) is 234 Å². The number of hydrogen-bond acceptors (Lipinski definition) is 1. The van der Waals surface area contributed by atoms with Crippen molar-refractivity contribution in [2.75, 3.05) is 0 Å². The van der Waals surface area contributed by atoms with E-state index in [1.807, 2.05) is 35.6 Å². The summed E-state index contributed by atoms with van der Waals surface area (Å²) >= 11 is 1.87. The zero-order valence-corrected chi connectivity index (χ0v) is 76.6. The number of aromatic nitrogens is 7. The lowest BCUT2D eigenvalue weighted by Crippen LogP contribution is -1.95. The average molecular weight is 1800 g/mol. The Kier molecular flexibility index (Phi) is 18.5. The average Bonchev–Trinajstić information content (AvgIpc) is 1.58. The van der Waals surface area contributed by atoms with Gasteiger partial charge in [0.1, 0.15) is 0 Å². The first-order valence-corrected chi connectivity index (χ1v) is 48.5. The minimum Gasteiger partial charge on any atom is -0.309 e. The third-order valence-electron chi connectivity index (χ3n) is 28.8. The fourth-order valence-corrected chi connectivity index (χ4v) is 23.8. The molecule has 0 unspecified atom stereocenters. The second kappa shape index (κ2) is 32.3. The van der Waals surface area contributed by atoms with Crippen molar-refractivity contribution in [2.24, 2.45) is 0 Å². The molecule has 0 aliphatic rings. The van der Waals surface area contributed by atoms with Crippen molar-refractivity contribution in [1.82, 2.24) is 32.0 Å². The fourth-order valence-electron chi connectivity index (χ4n) is 22.6. The summed E-state index contributed by atoms with van der Waals surface area (Å²) in [5.74, 6) is 0. The first kappa shape index (κ1) is 79.9. The highest BCUT2D eigenvalue weighted by molar-refractivity contribution is 7.26. The standard InChI is InChI=1S/C48H31N3.C43H25N3S.C40H26N2/c1-3-13-34(14-4-1)49-43-20-10-7-17-37(43)40-29-32(23-26-46(40)49)33-24-27-47-41(30-33)38-18-8-12-22-45(38)51(47)36-25-28-48-42(31-36)39-19-9-11-21-44(39)50(48)35-15-5-2-6-16-35;1-44-29-19-21-30(22-20-29)45-37-13-5-2-9-31(37)35-25-27(17-23-39(35)45)28-18-24-40-36(26-28)32-10-3-6-14-38(32)46(40)41-15-8-12-34-33-11-4-7-16-42(33)47-43(34)41;1-2-12-31(13-3-1)41-37-16-8-6-14-33(37)35-25-29(19-22-39(35)41)30-20-23-40-36(26-30)34-15-7-9-17-38(34)42(40)32-21-18-27-10-4-5-11-28(27)24-32/h1-31H;2-26H;1-26H. The van der Waals surface area contributed by atoms with Gasteiger partial charge in [-0.1, -0.05) is 291 Å². The van der Waals surface area contributed by atoms with Gasteiger partial charge in [0.15, 0.2) is 5.69 Å². The first-order chi connectivity index (χ1) is 69.4. The highest BCUT2D eigenvalue weighted by Gasteiger charge is 2.25. The third-order valence-corrected chi connectivity index (χ3v) is 30.1. The van der Waals surface area contributed by atoms with Crippen LogP contribution in [0.5, 0.6) is 0 Å². The van der Waals surface area contributed by atoms with Gasteiger partial charge in [-0.25, -0.2) is 4.85 Å². The van der Waals surface area contributed by atoms with Gasteiger partial charge in [-0.15, -0.1) is 11.3 Å². The number of rotatable bonds is 10. The molecule has 8 aromatic heterocycles. The van der Waals surface area contributed by atoms with Crippen LogP contribution in [0.2, 0.25) is 0 Å². The van der Waals surface area contributed by atoms with E-state index in [1.54, 1.807) is 0 Å². The predicted octanol–water partition coefficient (Wildman–Crippen LogP) is 35.8. The van der Waals surface area contributed by atoms with E-state index in [9.17, 15) is 0 Å². The van der Waals surface area contributed by atoms with Crippen LogP contribution in [-0.4, -0.2) is 32.0 Å². The summed E-state index contributed by atoms with van der Waals surface area (Å²) in [6.07, 6.45) is 0. The summed E-state index contributed by atoms with van der Waals surface area (Å²) in [7, 11) is 0. The largest absolute Gasteiger partial charge is 0.309 e. The maximum absolute atomic E-state index is 7.37. The summed E-state index contributed by atoms with van der Waals surface area (Å²) < 4.78 is 19.3. The van der Waals surface area contributed by atoms with E-state index in [4.69, 9.17) is 6.57 Å². The van der Waals surface area contributed by atoms with Gasteiger partial charge < -0.3 is 32.0 Å². The van der Waals surface area contributed by atoms with Crippen molar-refractivity contribution < 1.29 is 0 Å². The molecule has 0 bridgehead atoms. The van der Waals surface area contributed by atoms with Gasteiger partial charge in [0.25, 0.3) is 0 Å². The predicted molar refractivity (Wildman–Crippen MR) is 593 cm³/mol. The third kappa shape index (κ3) is 12.7. The van der Waals surface area contributed by atoms with Gasteiger partial charge in [0.2, 0.25) is 0 Å². The number of thiophene rings is 1. The molecule has 0 N–H and O–H groups in total.